The highest BCUT2D eigenvalue weighted by Gasteiger charge is 2.38. The van der Waals surface area contributed by atoms with Gasteiger partial charge in [-0.25, -0.2) is 4.98 Å². The second-order valence-electron chi connectivity index (χ2n) is 7.02. The van der Waals surface area contributed by atoms with Crippen LogP contribution in [0.25, 0.3) is 0 Å². The summed E-state index contributed by atoms with van der Waals surface area (Å²) in [5, 5.41) is 3.16. The number of anilines is 1. The minimum Gasteiger partial charge on any atom is -0.469 e. The van der Waals surface area contributed by atoms with E-state index in [0.29, 0.717) is 0 Å². The zero-order valence-corrected chi connectivity index (χ0v) is 15.0. The van der Waals surface area contributed by atoms with Crippen molar-refractivity contribution in [2.75, 3.05) is 18.5 Å². The molecule has 0 amide bonds. The van der Waals surface area contributed by atoms with E-state index in [0.717, 1.165) is 37.6 Å². The summed E-state index contributed by atoms with van der Waals surface area (Å²) >= 11 is 0. The second kappa shape index (κ2) is 7.86. The Hall–Kier alpha value is -2.49. The lowest BCUT2D eigenvalue weighted by atomic mass is 9.84. The molecule has 10 heteroatoms. The van der Waals surface area contributed by atoms with E-state index in [-0.39, 0.29) is 31.1 Å². The lowest BCUT2D eigenvalue weighted by Crippen LogP contribution is -2.39. The Morgan fingerprint density at radius 3 is 2.64 bits per heavy atom. The molecule has 28 heavy (non-hydrogen) atoms. The predicted octanol–water partition coefficient (Wildman–Crippen LogP) is 3.20. The minimum absolute atomic E-state index is 0.0392. The minimum atomic E-state index is -4.58. The van der Waals surface area contributed by atoms with Crippen LogP contribution < -0.4 is 10.1 Å². The number of hydrogen-bond donors (Lipinski definition) is 1. The number of hydrogen-bond acceptors (Lipinski definition) is 7. The van der Waals surface area contributed by atoms with Gasteiger partial charge in [0, 0.05) is 36.7 Å². The molecule has 2 aliphatic rings. The fourth-order valence-corrected chi connectivity index (χ4v) is 3.45. The summed E-state index contributed by atoms with van der Waals surface area (Å²) in [6.45, 7) is 0.513. The topological polar surface area (TPSA) is 82.1 Å². The van der Waals surface area contributed by atoms with Crippen molar-refractivity contribution < 1.29 is 22.6 Å². The molecule has 1 N–H and O–H groups in total. The largest absolute Gasteiger partial charge is 0.469 e. The zero-order chi connectivity index (χ0) is 19.6. The van der Waals surface area contributed by atoms with E-state index in [1.165, 1.54) is 0 Å². The summed E-state index contributed by atoms with van der Waals surface area (Å²) in [6, 6.07) is 0.0392. The van der Waals surface area contributed by atoms with Crippen molar-refractivity contribution in [1.29, 1.82) is 0 Å². The third-order valence-electron chi connectivity index (χ3n) is 4.95. The van der Waals surface area contributed by atoms with Gasteiger partial charge in [-0.1, -0.05) is 6.42 Å². The molecule has 0 radical (unpaired) electrons. The van der Waals surface area contributed by atoms with Crippen molar-refractivity contribution in [2.45, 2.75) is 49.9 Å². The fourth-order valence-electron chi connectivity index (χ4n) is 3.45. The molecule has 1 saturated heterocycles. The van der Waals surface area contributed by atoms with Gasteiger partial charge in [0.2, 0.25) is 11.8 Å². The van der Waals surface area contributed by atoms with Gasteiger partial charge in [-0.2, -0.15) is 18.2 Å². The molecule has 2 atom stereocenters. The Morgan fingerprint density at radius 2 is 1.96 bits per heavy atom. The number of ether oxygens (including phenoxy) is 2. The fraction of sp³-hybridized carbons (Fsp3) is 0.556. The van der Waals surface area contributed by atoms with Crippen molar-refractivity contribution in [2.24, 2.45) is 0 Å². The molecule has 2 aromatic rings. The van der Waals surface area contributed by atoms with Crippen LogP contribution in [0.3, 0.4) is 0 Å². The van der Waals surface area contributed by atoms with E-state index in [1.807, 2.05) is 0 Å². The van der Waals surface area contributed by atoms with Crippen LogP contribution in [0.1, 0.15) is 42.9 Å². The first-order chi connectivity index (χ1) is 13.5. The van der Waals surface area contributed by atoms with Gasteiger partial charge >= 0.3 is 6.18 Å². The molecule has 4 rings (SSSR count). The van der Waals surface area contributed by atoms with E-state index < -0.39 is 23.7 Å². The molecule has 2 fully saturated rings. The highest BCUT2D eigenvalue weighted by atomic mass is 19.4. The summed E-state index contributed by atoms with van der Waals surface area (Å²) in [6.07, 6.45) is 4.47. The molecular formula is C18H20F3N5O2. The van der Waals surface area contributed by atoms with Crippen LogP contribution >= 0.6 is 0 Å². The molecule has 2 aromatic heterocycles. The van der Waals surface area contributed by atoms with Crippen LogP contribution in [-0.2, 0) is 10.9 Å². The zero-order valence-electron chi connectivity index (χ0n) is 15.0. The van der Waals surface area contributed by atoms with Crippen LogP contribution in [0.15, 0.2) is 24.8 Å². The molecule has 0 unspecified atom stereocenters. The second-order valence-corrected chi connectivity index (χ2v) is 7.02. The molecular weight excluding hydrogens is 375 g/mol. The van der Waals surface area contributed by atoms with Crippen LogP contribution in [-0.4, -0.2) is 45.3 Å². The smallest absolute Gasteiger partial charge is 0.423 e. The number of rotatable bonds is 5. The van der Waals surface area contributed by atoms with Gasteiger partial charge in [-0.3, -0.25) is 9.97 Å². The first-order valence-electron chi connectivity index (χ1n) is 9.20. The summed E-state index contributed by atoms with van der Waals surface area (Å²) in [5.41, 5.74) is -0.0534. The lowest BCUT2D eigenvalue weighted by Gasteiger charge is -2.30. The van der Waals surface area contributed by atoms with Crippen LogP contribution in [0.4, 0.5) is 19.1 Å². The van der Waals surface area contributed by atoms with Gasteiger partial charge in [-0.05, 0) is 19.3 Å². The van der Waals surface area contributed by atoms with Gasteiger partial charge in [0.25, 0.3) is 0 Å². The number of nitrogens with zero attached hydrogens (tertiary/aromatic N) is 4. The maximum atomic E-state index is 13.2. The van der Waals surface area contributed by atoms with E-state index >= 15 is 0 Å². The van der Waals surface area contributed by atoms with E-state index in [2.05, 4.69) is 25.3 Å². The predicted molar refractivity (Wildman–Crippen MR) is 92.9 cm³/mol. The molecule has 3 heterocycles. The molecule has 0 aromatic carbocycles. The SMILES string of the molecule is FC(F)(F)c1cnc(N[C@H]2CCC[C@@H](c3cnccn3)C2)nc1OC1COC1. The van der Waals surface area contributed by atoms with Crippen molar-refractivity contribution >= 4 is 5.95 Å². The first kappa shape index (κ1) is 18.9. The summed E-state index contributed by atoms with van der Waals surface area (Å²) in [4.78, 5) is 16.4. The van der Waals surface area contributed by atoms with Crippen LogP contribution in [0.2, 0.25) is 0 Å². The van der Waals surface area contributed by atoms with Gasteiger partial charge in [0.1, 0.15) is 11.7 Å². The lowest BCUT2D eigenvalue weighted by molar-refractivity contribution is -0.142. The number of aromatic nitrogens is 4. The Balaban J connectivity index is 1.48. The highest BCUT2D eigenvalue weighted by molar-refractivity contribution is 5.36. The summed E-state index contributed by atoms with van der Waals surface area (Å²) in [5.74, 6) is -0.0788. The normalized spacial score (nSPS) is 23.1. The average Bonchev–Trinajstić information content (AvgIpc) is 2.65. The average molecular weight is 395 g/mol. The van der Waals surface area contributed by atoms with Gasteiger partial charge < -0.3 is 14.8 Å². The van der Waals surface area contributed by atoms with E-state index in [1.54, 1.807) is 18.6 Å². The molecule has 1 saturated carbocycles. The number of halogens is 3. The Kier molecular flexibility index (Phi) is 5.29. The van der Waals surface area contributed by atoms with Crippen molar-refractivity contribution in [3.05, 3.63) is 36.0 Å². The van der Waals surface area contributed by atoms with Crippen LogP contribution in [0.5, 0.6) is 5.88 Å². The first-order valence-corrected chi connectivity index (χ1v) is 9.20. The van der Waals surface area contributed by atoms with Gasteiger partial charge in [0.05, 0.1) is 18.9 Å². The molecule has 0 spiro atoms. The van der Waals surface area contributed by atoms with E-state index in [4.69, 9.17) is 9.47 Å². The summed E-state index contributed by atoms with van der Waals surface area (Å²) < 4.78 is 50.0. The maximum Gasteiger partial charge on any atom is 0.423 e. The third kappa shape index (κ3) is 4.32. The molecule has 1 aliphatic heterocycles. The summed E-state index contributed by atoms with van der Waals surface area (Å²) in [7, 11) is 0. The van der Waals surface area contributed by atoms with Gasteiger partial charge in [0.15, 0.2) is 0 Å². The molecule has 150 valence electrons. The molecule has 0 bridgehead atoms. The number of nitrogens with one attached hydrogen (secondary N) is 1. The standard InChI is InChI=1S/C18H20F3N5O2/c19-18(20,21)14-7-24-17(26-16(14)28-13-9-27-10-13)25-12-3-1-2-11(6-12)15-8-22-4-5-23-15/h4-5,7-8,11-13H,1-3,6,9-10H2,(H,24,25,26)/t11-,12+/m1/s1. The highest BCUT2D eigenvalue weighted by Crippen LogP contribution is 2.37. The van der Waals surface area contributed by atoms with Crippen molar-refractivity contribution in [3.8, 4) is 5.88 Å². The molecule has 1 aliphatic carbocycles. The quantitative estimate of drug-likeness (QED) is 0.832. The van der Waals surface area contributed by atoms with E-state index in [9.17, 15) is 13.2 Å². The molecule has 7 nitrogen and oxygen atoms in total. The third-order valence-corrected chi connectivity index (χ3v) is 4.95. The Labute approximate surface area is 159 Å². The van der Waals surface area contributed by atoms with Crippen LogP contribution in [0, 0.1) is 0 Å². The Bertz CT molecular complexity index is 802. The monoisotopic (exact) mass is 395 g/mol. The van der Waals surface area contributed by atoms with Gasteiger partial charge in [-0.15, -0.1) is 0 Å². The number of alkyl halides is 3. The van der Waals surface area contributed by atoms with Crippen molar-refractivity contribution in [1.82, 2.24) is 19.9 Å². The maximum absolute atomic E-state index is 13.2. The van der Waals surface area contributed by atoms with Crippen molar-refractivity contribution in [3.63, 3.8) is 0 Å². The Morgan fingerprint density at radius 1 is 1.11 bits per heavy atom.